The van der Waals surface area contributed by atoms with Crippen LogP contribution in [0.15, 0.2) is 24.3 Å². The van der Waals surface area contributed by atoms with Crippen molar-refractivity contribution in [3.05, 3.63) is 35.4 Å². The van der Waals surface area contributed by atoms with Gasteiger partial charge in [-0.25, -0.2) is 0 Å². The van der Waals surface area contributed by atoms with Gasteiger partial charge in [-0.1, -0.05) is 38.1 Å². The van der Waals surface area contributed by atoms with Crippen molar-refractivity contribution in [1.82, 2.24) is 4.90 Å². The lowest BCUT2D eigenvalue weighted by Gasteiger charge is -2.28. The van der Waals surface area contributed by atoms with Gasteiger partial charge in [0.15, 0.2) is 0 Å². The molecule has 3 atom stereocenters. The summed E-state index contributed by atoms with van der Waals surface area (Å²) >= 11 is 0. The highest BCUT2D eigenvalue weighted by Gasteiger charge is 2.29. The van der Waals surface area contributed by atoms with Crippen LogP contribution in [0.5, 0.6) is 0 Å². The predicted octanol–water partition coefficient (Wildman–Crippen LogP) is 3.37. The van der Waals surface area contributed by atoms with Crippen LogP contribution >= 0.6 is 0 Å². The third kappa shape index (κ3) is 3.37. The van der Waals surface area contributed by atoms with Crippen LogP contribution in [-0.2, 0) is 6.42 Å². The molecule has 0 aliphatic carbocycles. The van der Waals surface area contributed by atoms with Crippen molar-refractivity contribution < 1.29 is 0 Å². The third-order valence-electron chi connectivity index (χ3n) is 4.60. The van der Waals surface area contributed by atoms with E-state index < -0.39 is 0 Å². The summed E-state index contributed by atoms with van der Waals surface area (Å²) in [6.45, 7) is 8.99. The Labute approximate surface area is 118 Å². The number of benzene rings is 1. The quantitative estimate of drug-likeness (QED) is 0.879. The molecular weight excluding hydrogens is 232 g/mol. The molecule has 1 aliphatic rings. The smallest absolute Gasteiger partial charge is 0.0345 e. The maximum Gasteiger partial charge on any atom is 0.0345 e. The van der Waals surface area contributed by atoms with Crippen LogP contribution in [0.2, 0.25) is 0 Å². The van der Waals surface area contributed by atoms with Crippen molar-refractivity contribution in [3.63, 3.8) is 0 Å². The third-order valence-corrected chi connectivity index (χ3v) is 4.60. The van der Waals surface area contributed by atoms with Crippen LogP contribution in [0, 0.1) is 5.92 Å². The fourth-order valence-electron chi connectivity index (χ4n) is 3.21. The number of hydrogen-bond donors (Lipinski definition) is 1. The molecule has 106 valence electrons. The largest absolute Gasteiger partial charge is 0.328 e. The predicted molar refractivity (Wildman–Crippen MR) is 82.2 cm³/mol. The first-order valence-electron chi connectivity index (χ1n) is 7.74. The summed E-state index contributed by atoms with van der Waals surface area (Å²) in [5, 5.41) is 0. The van der Waals surface area contributed by atoms with Crippen LogP contribution in [0.4, 0.5) is 0 Å². The van der Waals surface area contributed by atoms with Gasteiger partial charge >= 0.3 is 0 Å². The first-order valence-corrected chi connectivity index (χ1v) is 7.74. The lowest BCUT2D eigenvalue weighted by Crippen LogP contribution is -2.31. The lowest BCUT2D eigenvalue weighted by molar-refractivity contribution is 0.227. The van der Waals surface area contributed by atoms with Crippen molar-refractivity contribution in [3.8, 4) is 0 Å². The summed E-state index contributed by atoms with van der Waals surface area (Å²) < 4.78 is 0. The summed E-state index contributed by atoms with van der Waals surface area (Å²) in [5.41, 5.74) is 8.94. The van der Waals surface area contributed by atoms with Crippen molar-refractivity contribution in [2.75, 3.05) is 13.1 Å². The van der Waals surface area contributed by atoms with Crippen LogP contribution in [0.25, 0.3) is 0 Å². The van der Waals surface area contributed by atoms with Gasteiger partial charge in [-0.15, -0.1) is 0 Å². The Morgan fingerprint density at radius 1 is 1.26 bits per heavy atom. The summed E-state index contributed by atoms with van der Waals surface area (Å²) in [6.07, 6.45) is 3.55. The van der Waals surface area contributed by atoms with E-state index in [-0.39, 0.29) is 0 Å². The van der Waals surface area contributed by atoms with Crippen molar-refractivity contribution in [2.45, 2.75) is 52.1 Å². The molecule has 19 heavy (non-hydrogen) atoms. The zero-order valence-electron chi connectivity index (χ0n) is 12.6. The van der Waals surface area contributed by atoms with E-state index in [4.69, 9.17) is 5.73 Å². The molecule has 1 aromatic rings. The molecule has 2 heteroatoms. The molecule has 3 unspecified atom stereocenters. The first kappa shape index (κ1) is 14.5. The fraction of sp³-hybridized carbons (Fsp3) is 0.647. The van der Waals surface area contributed by atoms with Crippen molar-refractivity contribution in [2.24, 2.45) is 11.7 Å². The zero-order valence-corrected chi connectivity index (χ0v) is 12.6. The van der Waals surface area contributed by atoms with E-state index in [2.05, 4.69) is 49.9 Å². The second-order valence-corrected chi connectivity index (χ2v) is 5.92. The number of hydrogen-bond acceptors (Lipinski definition) is 2. The van der Waals surface area contributed by atoms with Gasteiger partial charge < -0.3 is 5.73 Å². The van der Waals surface area contributed by atoms with E-state index >= 15 is 0 Å². The highest BCUT2D eigenvalue weighted by atomic mass is 15.2. The fourth-order valence-corrected chi connectivity index (χ4v) is 3.21. The van der Waals surface area contributed by atoms with Gasteiger partial charge in [0.25, 0.3) is 0 Å². The maximum absolute atomic E-state index is 6.05. The molecule has 2 N–H and O–H groups in total. The highest BCUT2D eigenvalue weighted by Crippen LogP contribution is 2.31. The summed E-state index contributed by atoms with van der Waals surface area (Å²) in [7, 11) is 0. The zero-order chi connectivity index (χ0) is 13.8. The van der Waals surface area contributed by atoms with E-state index in [1.807, 2.05) is 0 Å². The Bertz CT molecular complexity index is 383. The van der Waals surface area contributed by atoms with E-state index in [0.717, 1.165) is 13.0 Å². The molecule has 0 saturated carbocycles. The average molecular weight is 260 g/mol. The normalized spacial score (nSPS) is 23.5. The molecule has 0 radical (unpaired) electrons. The van der Waals surface area contributed by atoms with Gasteiger partial charge in [-0.05, 0) is 49.8 Å². The molecule has 2 rings (SSSR count). The van der Waals surface area contributed by atoms with Crippen LogP contribution in [-0.4, -0.2) is 24.0 Å². The molecule has 1 fully saturated rings. The minimum absolute atomic E-state index is 0.324. The molecule has 1 saturated heterocycles. The van der Waals surface area contributed by atoms with E-state index in [0.29, 0.717) is 18.0 Å². The Hall–Kier alpha value is -0.860. The number of nitrogens with two attached hydrogens (primary N) is 1. The summed E-state index contributed by atoms with van der Waals surface area (Å²) in [5.74, 6) is 0.670. The maximum atomic E-state index is 6.05. The lowest BCUT2D eigenvalue weighted by atomic mass is 10.00. The van der Waals surface area contributed by atoms with Crippen molar-refractivity contribution in [1.29, 1.82) is 0 Å². The van der Waals surface area contributed by atoms with E-state index in [1.54, 1.807) is 0 Å². The Morgan fingerprint density at radius 3 is 2.42 bits per heavy atom. The number of rotatable bonds is 5. The van der Waals surface area contributed by atoms with Crippen LogP contribution in [0.3, 0.4) is 0 Å². The van der Waals surface area contributed by atoms with Gasteiger partial charge in [-0.3, -0.25) is 4.90 Å². The number of aryl methyl sites for hydroxylation is 1. The SMILES string of the molecule is CCc1ccc(C(CC)N2CCC(C(C)N)C2)cc1. The van der Waals surface area contributed by atoms with Crippen molar-refractivity contribution >= 4 is 0 Å². The standard InChI is InChI=1S/C17H28N2/c1-4-14-6-8-15(9-7-14)17(5-2)19-11-10-16(12-19)13(3)18/h6-9,13,16-17H,4-5,10-12,18H2,1-3H3. The average Bonchev–Trinajstić information content (AvgIpc) is 2.90. The molecule has 2 nitrogen and oxygen atoms in total. The summed E-state index contributed by atoms with van der Waals surface area (Å²) in [4.78, 5) is 2.62. The second-order valence-electron chi connectivity index (χ2n) is 5.92. The van der Waals surface area contributed by atoms with E-state index in [9.17, 15) is 0 Å². The monoisotopic (exact) mass is 260 g/mol. The van der Waals surface area contributed by atoms with Gasteiger partial charge in [0.1, 0.15) is 0 Å². The number of likely N-dealkylation sites (tertiary alicyclic amines) is 1. The molecule has 1 heterocycles. The van der Waals surface area contributed by atoms with Gasteiger partial charge in [0, 0.05) is 18.6 Å². The number of nitrogens with zero attached hydrogens (tertiary/aromatic N) is 1. The Balaban J connectivity index is 2.07. The topological polar surface area (TPSA) is 29.3 Å². The second kappa shape index (κ2) is 6.53. The minimum atomic E-state index is 0.324. The molecule has 0 amide bonds. The molecule has 0 bridgehead atoms. The molecule has 1 aromatic carbocycles. The minimum Gasteiger partial charge on any atom is -0.328 e. The van der Waals surface area contributed by atoms with Crippen LogP contribution in [0.1, 0.15) is 50.8 Å². The first-order chi connectivity index (χ1) is 9.15. The van der Waals surface area contributed by atoms with E-state index in [1.165, 1.54) is 30.5 Å². The molecule has 0 spiro atoms. The van der Waals surface area contributed by atoms with Gasteiger partial charge in [0.2, 0.25) is 0 Å². The molecular formula is C17H28N2. The summed E-state index contributed by atoms with van der Waals surface area (Å²) in [6, 6.07) is 10.1. The highest BCUT2D eigenvalue weighted by molar-refractivity contribution is 5.25. The van der Waals surface area contributed by atoms with Gasteiger partial charge in [0.05, 0.1) is 0 Å². The van der Waals surface area contributed by atoms with Crippen LogP contribution < -0.4 is 5.73 Å². The Morgan fingerprint density at radius 2 is 1.95 bits per heavy atom. The van der Waals surface area contributed by atoms with Gasteiger partial charge in [-0.2, -0.15) is 0 Å². The molecule has 0 aromatic heterocycles. The molecule has 1 aliphatic heterocycles. The Kier molecular flexibility index (Phi) is 5.00.